The summed E-state index contributed by atoms with van der Waals surface area (Å²) in [6, 6.07) is 11.7. The van der Waals surface area contributed by atoms with Crippen LogP contribution in [0.1, 0.15) is 83.2 Å². The molecule has 0 aliphatic carbocycles. The van der Waals surface area contributed by atoms with Crippen LogP contribution in [0.5, 0.6) is 0 Å². The summed E-state index contributed by atoms with van der Waals surface area (Å²) in [5, 5.41) is 0. The van der Waals surface area contributed by atoms with Crippen molar-refractivity contribution in [2.45, 2.75) is 77.7 Å². The molecule has 0 radical (unpaired) electrons. The SMILES string of the molecule is CCCCCCCCCC[N+](C)(C)C(CC)c1ccccc1.[Cl-]. The van der Waals surface area contributed by atoms with Crippen molar-refractivity contribution in [1.82, 2.24) is 0 Å². The Morgan fingerprint density at radius 1 is 0.783 bits per heavy atom. The molecular formula is C21H38ClN. The number of hydrogen-bond acceptors (Lipinski definition) is 0. The van der Waals surface area contributed by atoms with Gasteiger partial charge in [-0.3, -0.25) is 0 Å². The van der Waals surface area contributed by atoms with E-state index in [-0.39, 0.29) is 12.4 Å². The topological polar surface area (TPSA) is 0 Å². The Balaban J connectivity index is 0.00000484. The molecule has 1 unspecified atom stereocenters. The zero-order valence-electron chi connectivity index (χ0n) is 15.9. The number of halogens is 1. The van der Waals surface area contributed by atoms with Gasteiger partial charge in [0.1, 0.15) is 6.04 Å². The number of nitrogens with zero attached hydrogens (tertiary/aromatic N) is 1. The summed E-state index contributed by atoms with van der Waals surface area (Å²) >= 11 is 0. The monoisotopic (exact) mass is 339 g/mol. The Morgan fingerprint density at radius 2 is 1.30 bits per heavy atom. The van der Waals surface area contributed by atoms with Gasteiger partial charge < -0.3 is 16.9 Å². The normalized spacial score (nSPS) is 12.7. The first-order valence-electron chi connectivity index (χ1n) is 9.49. The Hall–Kier alpha value is -0.530. The van der Waals surface area contributed by atoms with E-state index in [9.17, 15) is 0 Å². The van der Waals surface area contributed by atoms with Gasteiger partial charge in [0.05, 0.1) is 20.6 Å². The van der Waals surface area contributed by atoms with Crippen LogP contribution in [0.2, 0.25) is 0 Å². The van der Waals surface area contributed by atoms with E-state index in [0.717, 1.165) is 4.48 Å². The zero-order chi connectivity index (χ0) is 16.3. The molecule has 0 aromatic heterocycles. The molecule has 0 saturated heterocycles. The summed E-state index contributed by atoms with van der Waals surface area (Å²) < 4.78 is 1.12. The lowest BCUT2D eigenvalue weighted by atomic mass is 10.0. The minimum atomic E-state index is 0. The molecule has 1 rings (SSSR count). The summed E-state index contributed by atoms with van der Waals surface area (Å²) in [5.41, 5.74) is 1.49. The van der Waals surface area contributed by atoms with E-state index in [4.69, 9.17) is 0 Å². The Kier molecular flexibility index (Phi) is 12.5. The highest BCUT2D eigenvalue weighted by atomic mass is 35.5. The summed E-state index contributed by atoms with van der Waals surface area (Å²) in [5.74, 6) is 0. The van der Waals surface area contributed by atoms with Crippen molar-refractivity contribution in [3.05, 3.63) is 35.9 Å². The molecule has 1 nitrogen and oxygen atoms in total. The summed E-state index contributed by atoms with van der Waals surface area (Å²) in [6.07, 6.45) is 12.5. The summed E-state index contributed by atoms with van der Waals surface area (Å²) in [7, 11) is 4.81. The van der Waals surface area contributed by atoms with Gasteiger partial charge in [0.15, 0.2) is 0 Å². The second-order valence-electron chi connectivity index (χ2n) is 7.31. The third-order valence-corrected chi connectivity index (χ3v) is 5.00. The number of quaternary nitrogens is 1. The zero-order valence-corrected chi connectivity index (χ0v) is 16.6. The predicted molar refractivity (Wildman–Crippen MR) is 99.1 cm³/mol. The highest BCUT2D eigenvalue weighted by Crippen LogP contribution is 2.28. The van der Waals surface area contributed by atoms with E-state index < -0.39 is 0 Å². The van der Waals surface area contributed by atoms with Crippen LogP contribution in [0, 0.1) is 0 Å². The van der Waals surface area contributed by atoms with Crippen molar-refractivity contribution >= 4 is 0 Å². The van der Waals surface area contributed by atoms with Crippen LogP contribution in [0.3, 0.4) is 0 Å². The standard InChI is InChI=1S/C21H38N.ClH/c1-5-7-8-9-10-11-12-16-19-22(3,4)21(6-2)20-17-14-13-15-18-20;/h13-15,17-18,21H,5-12,16,19H2,1-4H3;1H/q+1;/p-1. The third kappa shape index (κ3) is 8.77. The maximum Gasteiger partial charge on any atom is 0.114 e. The minimum absolute atomic E-state index is 0. The summed E-state index contributed by atoms with van der Waals surface area (Å²) in [4.78, 5) is 0. The maximum atomic E-state index is 2.41. The molecule has 1 atom stereocenters. The molecule has 0 fully saturated rings. The molecular weight excluding hydrogens is 302 g/mol. The number of unbranched alkanes of at least 4 members (excludes halogenated alkanes) is 7. The molecule has 1 aromatic rings. The number of rotatable bonds is 12. The number of benzene rings is 1. The first kappa shape index (κ1) is 22.5. The van der Waals surface area contributed by atoms with E-state index in [1.807, 2.05) is 0 Å². The van der Waals surface area contributed by atoms with Crippen molar-refractivity contribution < 1.29 is 16.9 Å². The molecule has 0 bridgehead atoms. The van der Waals surface area contributed by atoms with Crippen molar-refractivity contribution in [2.24, 2.45) is 0 Å². The van der Waals surface area contributed by atoms with Crippen LogP contribution in [0.4, 0.5) is 0 Å². The lowest BCUT2D eigenvalue weighted by molar-refractivity contribution is -0.921. The van der Waals surface area contributed by atoms with Crippen LogP contribution in [0.15, 0.2) is 30.3 Å². The molecule has 0 amide bonds. The third-order valence-electron chi connectivity index (χ3n) is 5.00. The molecule has 0 aliphatic rings. The van der Waals surface area contributed by atoms with Crippen LogP contribution in [-0.4, -0.2) is 25.1 Å². The first-order chi connectivity index (χ1) is 10.6. The molecule has 0 spiro atoms. The van der Waals surface area contributed by atoms with Gasteiger partial charge in [-0.2, -0.15) is 0 Å². The smallest absolute Gasteiger partial charge is 0.114 e. The van der Waals surface area contributed by atoms with Crippen molar-refractivity contribution in [3.8, 4) is 0 Å². The molecule has 0 N–H and O–H groups in total. The lowest BCUT2D eigenvalue weighted by Gasteiger charge is -2.38. The Bertz CT molecular complexity index is 375. The van der Waals surface area contributed by atoms with Gasteiger partial charge >= 0.3 is 0 Å². The van der Waals surface area contributed by atoms with Gasteiger partial charge in [0.2, 0.25) is 0 Å². The van der Waals surface area contributed by atoms with Crippen LogP contribution in [0.25, 0.3) is 0 Å². The summed E-state index contributed by atoms with van der Waals surface area (Å²) in [6.45, 7) is 5.91. The van der Waals surface area contributed by atoms with E-state index in [2.05, 4.69) is 58.3 Å². The minimum Gasteiger partial charge on any atom is -1.00 e. The van der Waals surface area contributed by atoms with Crippen LogP contribution < -0.4 is 12.4 Å². The Morgan fingerprint density at radius 3 is 1.83 bits per heavy atom. The molecule has 23 heavy (non-hydrogen) atoms. The molecule has 0 aliphatic heterocycles. The fourth-order valence-corrected chi connectivity index (χ4v) is 3.62. The van der Waals surface area contributed by atoms with Crippen molar-refractivity contribution in [3.63, 3.8) is 0 Å². The average molecular weight is 340 g/mol. The largest absolute Gasteiger partial charge is 1.00 e. The van der Waals surface area contributed by atoms with E-state index >= 15 is 0 Å². The van der Waals surface area contributed by atoms with E-state index in [1.165, 1.54) is 69.9 Å². The fourth-order valence-electron chi connectivity index (χ4n) is 3.62. The van der Waals surface area contributed by atoms with Gasteiger partial charge in [0, 0.05) is 12.0 Å². The second kappa shape index (κ2) is 12.8. The highest BCUT2D eigenvalue weighted by molar-refractivity contribution is 5.17. The quantitative estimate of drug-likeness (QED) is 0.404. The predicted octanol–water partition coefficient (Wildman–Crippen LogP) is 3.36. The molecule has 1 aromatic carbocycles. The second-order valence-corrected chi connectivity index (χ2v) is 7.31. The molecule has 134 valence electrons. The van der Waals surface area contributed by atoms with E-state index in [1.54, 1.807) is 0 Å². The van der Waals surface area contributed by atoms with Crippen LogP contribution in [-0.2, 0) is 0 Å². The van der Waals surface area contributed by atoms with Gasteiger partial charge in [-0.25, -0.2) is 0 Å². The molecule has 0 saturated carbocycles. The first-order valence-corrected chi connectivity index (χ1v) is 9.49. The Labute approximate surface area is 151 Å². The molecule has 2 heteroatoms. The fraction of sp³-hybridized carbons (Fsp3) is 0.714. The molecule has 0 heterocycles. The van der Waals surface area contributed by atoms with Gasteiger partial charge in [-0.15, -0.1) is 0 Å². The van der Waals surface area contributed by atoms with Crippen molar-refractivity contribution in [2.75, 3.05) is 20.6 Å². The van der Waals surface area contributed by atoms with Gasteiger partial charge in [-0.05, 0) is 12.8 Å². The van der Waals surface area contributed by atoms with Gasteiger partial charge in [0.25, 0.3) is 0 Å². The highest BCUT2D eigenvalue weighted by Gasteiger charge is 2.27. The number of hydrogen-bond donors (Lipinski definition) is 0. The lowest BCUT2D eigenvalue weighted by Crippen LogP contribution is -3.00. The van der Waals surface area contributed by atoms with E-state index in [0.29, 0.717) is 6.04 Å². The average Bonchev–Trinajstić information content (AvgIpc) is 2.51. The van der Waals surface area contributed by atoms with Crippen molar-refractivity contribution in [1.29, 1.82) is 0 Å². The maximum absolute atomic E-state index is 2.41. The van der Waals surface area contributed by atoms with Gasteiger partial charge in [-0.1, -0.05) is 82.7 Å². The van der Waals surface area contributed by atoms with Crippen LogP contribution >= 0.6 is 0 Å².